The van der Waals surface area contributed by atoms with Crippen molar-refractivity contribution >= 4 is 35.0 Å². The maximum absolute atomic E-state index is 13.8. The molecule has 0 fully saturated rings. The number of esters is 1. The number of amides is 1. The molecule has 0 spiro atoms. The Morgan fingerprint density at radius 2 is 1.81 bits per heavy atom. The molecule has 1 atom stereocenters. The number of furan rings is 1. The lowest BCUT2D eigenvalue weighted by atomic mass is 10.1. The average Bonchev–Trinajstić information content (AvgIpc) is 3.32. The van der Waals surface area contributed by atoms with E-state index in [1.807, 2.05) is 6.07 Å². The second-order valence-electron chi connectivity index (χ2n) is 6.93. The average molecular weight is 434 g/mol. The molecule has 0 radical (unpaired) electrons. The van der Waals surface area contributed by atoms with Gasteiger partial charge >= 0.3 is 5.97 Å². The van der Waals surface area contributed by atoms with E-state index in [4.69, 9.17) is 19.6 Å². The van der Waals surface area contributed by atoms with Gasteiger partial charge in [0.2, 0.25) is 11.7 Å². The molecular weight excluding hydrogens is 412 g/mol. The summed E-state index contributed by atoms with van der Waals surface area (Å²) >= 11 is 0. The quantitative estimate of drug-likeness (QED) is 0.594. The Morgan fingerprint density at radius 3 is 2.47 bits per heavy atom. The molecule has 9 heteroatoms. The first-order valence-corrected chi connectivity index (χ1v) is 9.82. The molecule has 32 heavy (non-hydrogen) atoms. The van der Waals surface area contributed by atoms with Gasteiger partial charge in [-0.25, -0.2) is 0 Å². The van der Waals surface area contributed by atoms with Crippen molar-refractivity contribution in [2.24, 2.45) is 10.7 Å². The van der Waals surface area contributed by atoms with Crippen LogP contribution in [0.2, 0.25) is 0 Å². The number of ether oxygens (including phenoxy) is 2. The number of para-hydroxylation sites is 1. The van der Waals surface area contributed by atoms with Gasteiger partial charge in [-0.05, 0) is 42.5 Å². The van der Waals surface area contributed by atoms with Crippen LogP contribution in [0.4, 0.5) is 17.3 Å². The zero-order valence-electron chi connectivity index (χ0n) is 17.6. The van der Waals surface area contributed by atoms with E-state index < -0.39 is 18.0 Å². The number of hydrogen-bond donors (Lipinski definition) is 1. The van der Waals surface area contributed by atoms with Gasteiger partial charge in [0.1, 0.15) is 18.5 Å². The third kappa shape index (κ3) is 3.93. The molecule has 2 N–H and O–H groups in total. The highest BCUT2D eigenvalue weighted by atomic mass is 16.5. The van der Waals surface area contributed by atoms with Crippen LogP contribution in [0.25, 0.3) is 0 Å². The van der Waals surface area contributed by atoms with Crippen LogP contribution in [-0.2, 0) is 14.3 Å². The molecule has 1 aliphatic heterocycles. The van der Waals surface area contributed by atoms with Crippen molar-refractivity contribution in [2.75, 3.05) is 30.6 Å². The number of carbonyl (C=O) groups excluding carboxylic acids is 2. The summed E-state index contributed by atoms with van der Waals surface area (Å²) in [4.78, 5) is 33.2. The van der Waals surface area contributed by atoms with Crippen molar-refractivity contribution in [3.63, 3.8) is 0 Å². The van der Waals surface area contributed by atoms with Gasteiger partial charge in [0.05, 0.1) is 26.0 Å². The van der Waals surface area contributed by atoms with E-state index in [0.717, 1.165) is 0 Å². The normalized spacial score (nSPS) is 14.9. The number of carbonyl (C=O) groups is 2. The number of amidine groups is 1. The molecule has 164 valence electrons. The van der Waals surface area contributed by atoms with Crippen LogP contribution in [0.5, 0.6) is 5.75 Å². The lowest BCUT2D eigenvalue weighted by Gasteiger charge is -2.35. The largest absolute Gasteiger partial charge is 0.497 e. The lowest BCUT2D eigenvalue weighted by molar-refractivity contribution is -0.139. The molecule has 0 saturated heterocycles. The maximum atomic E-state index is 13.8. The maximum Gasteiger partial charge on any atom is 0.325 e. The van der Waals surface area contributed by atoms with Gasteiger partial charge < -0.3 is 24.5 Å². The van der Waals surface area contributed by atoms with E-state index in [1.54, 1.807) is 66.6 Å². The fourth-order valence-electron chi connectivity index (χ4n) is 3.43. The van der Waals surface area contributed by atoms with Crippen molar-refractivity contribution < 1.29 is 23.5 Å². The van der Waals surface area contributed by atoms with E-state index in [-0.39, 0.29) is 18.3 Å². The van der Waals surface area contributed by atoms with Crippen molar-refractivity contribution in [3.8, 4) is 5.75 Å². The molecule has 2 aromatic carbocycles. The minimum atomic E-state index is -0.732. The fourth-order valence-corrected chi connectivity index (χ4v) is 3.43. The van der Waals surface area contributed by atoms with Crippen LogP contribution in [0.1, 0.15) is 11.7 Å². The van der Waals surface area contributed by atoms with Crippen LogP contribution in [0.3, 0.4) is 0 Å². The smallest absolute Gasteiger partial charge is 0.325 e. The number of anilines is 2. The number of nitrogens with two attached hydrogens (primary N) is 1. The second kappa shape index (κ2) is 8.94. The van der Waals surface area contributed by atoms with Crippen molar-refractivity contribution in [2.45, 2.75) is 6.17 Å². The highest BCUT2D eigenvalue weighted by Gasteiger charge is 2.37. The zero-order chi connectivity index (χ0) is 22.7. The van der Waals surface area contributed by atoms with E-state index in [1.165, 1.54) is 18.3 Å². The van der Waals surface area contributed by atoms with E-state index in [2.05, 4.69) is 4.99 Å². The number of nitrogens with zero attached hydrogens (tertiary/aromatic N) is 3. The molecule has 1 aromatic heterocycles. The summed E-state index contributed by atoms with van der Waals surface area (Å²) < 4.78 is 15.5. The Hall–Kier alpha value is -4.11. The van der Waals surface area contributed by atoms with E-state index in [0.29, 0.717) is 22.7 Å². The number of rotatable bonds is 6. The number of hydrogen-bond acceptors (Lipinski definition) is 8. The molecule has 1 aliphatic rings. The summed E-state index contributed by atoms with van der Waals surface area (Å²) in [5.41, 5.74) is 8.30. The van der Waals surface area contributed by atoms with Gasteiger partial charge in [-0.15, -0.1) is 0 Å². The topological polar surface area (TPSA) is 111 Å². The molecule has 0 saturated carbocycles. The van der Waals surface area contributed by atoms with Gasteiger partial charge in [-0.1, -0.05) is 18.2 Å². The highest BCUT2D eigenvalue weighted by molar-refractivity contribution is 6.48. The van der Waals surface area contributed by atoms with Crippen LogP contribution in [0.15, 0.2) is 76.3 Å². The predicted molar refractivity (Wildman–Crippen MR) is 119 cm³/mol. The molecule has 0 aliphatic carbocycles. The molecule has 2 heterocycles. The fraction of sp³-hybridized carbons (Fsp3) is 0.174. The van der Waals surface area contributed by atoms with Crippen LogP contribution >= 0.6 is 0 Å². The first kappa shape index (κ1) is 21.1. The summed E-state index contributed by atoms with van der Waals surface area (Å²) in [6, 6.07) is 17.6. The standard InChI is InChI=1S/C23H22N4O5/c1-30-17-10-8-16(9-11-17)27-20(24)18-12-13-32-22(18)25-21(27)23(29)26(14-19(28)31-2)15-6-4-3-5-7-15/h3-13,20H,14,24H2,1-2H3. The minimum Gasteiger partial charge on any atom is -0.497 e. The van der Waals surface area contributed by atoms with Crippen molar-refractivity contribution in [3.05, 3.63) is 72.5 Å². The van der Waals surface area contributed by atoms with E-state index in [9.17, 15) is 9.59 Å². The van der Waals surface area contributed by atoms with Crippen LogP contribution < -0.4 is 20.3 Å². The molecule has 1 amide bonds. The van der Waals surface area contributed by atoms with Crippen LogP contribution in [0, 0.1) is 0 Å². The summed E-state index contributed by atoms with van der Waals surface area (Å²) in [6.45, 7) is -0.297. The van der Waals surface area contributed by atoms with Crippen molar-refractivity contribution in [1.82, 2.24) is 0 Å². The monoisotopic (exact) mass is 434 g/mol. The molecule has 0 bridgehead atoms. The molecule has 1 unspecified atom stereocenters. The van der Waals surface area contributed by atoms with E-state index >= 15 is 0 Å². The van der Waals surface area contributed by atoms with Gasteiger partial charge in [0, 0.05) is 11.4 Å². The lowest BCUT2D eigenvalue weighted by Crippen LogP contribution is -2.51. The van der Waals surface area contributed by atoms with Crippen LogP contribution in [-0.4, -0.2) is 38.5 Å². The Balaban J connectivity index is 1.80. The second-order valence-corrected chi connectivity index (χ2v) is 6.93. The number of benzene rings is 2. The number of methoxy groups -OCH3 is 2. The zero-order valence-corrected chi connectivity index (χ0v) is 17.6. The van der Waals surface area contributed by atoms with Gasteiger partial charge in [0.25, 0.3) is 5.91 Å². The SMILES string of the molecule is COC(=O)CN(C(=O)C1=Nc2occc2C(N)N1c1ccc(OC)cc1)c1ccccc1. The molecular formula is C23H22N4O5. The first-order valence-electron chi connectivity index (χ1n) is 9.82. The Bertz CT molecular complexity index is 1140. The Morgan fingerprint density at radius 1 is 1.09 bits per heavy atom. The van der Waals surface area contributed by atoms with Gasteiger partial charge in [0.15, 0.2) is 0 Å². The predicted octanol–water partition coefficient (Wildman–Crippen LogP) is 3.00. The Kier molecular flexibility index (Phi) is 5.91. The third-order valence-electron chi connectivity index (χ3n) is 5.08. The van der Waals surface area contributed by atoms with Gasteiger partial charge in [-0.3, -0.25) is 14.5 Å². The summed E-state index contributed by atoms with van der Waals surface area (Å²) in [5.74, 6) is -0.188. The number of fused-ring (bicyclic) bond motifs is 1. The molecule has 3 aromatic rings. The molecule has 9 nitrogen and oxygen atoms in total. The molecule has 4 rings (SSSR count). The first-order chi connectivity index (χ1) is 15.5. The minimum absolute atomic E-state index is 0.0119. The summed E-state index contributed by atoms with van der Waals surface area (Å²) in [7, 11) is 2.84. The number of aliphatic imine (C=N–C) groups is 1. The van der Waals surface area contributed by atoms with Crippen molar-refractivity contribution in [1.29, 1.82) is 0 Å². The Labute approximate surface area is 184 Å². The summed E-state index contributed by atoms with van der Waals surface area (Å²) in [6.07, 6.45) is 0.737. The summed E-state index contributed by atoms with van der Waals surface area (Å²) in [5, 5.41) is 0. The highest BCUT2D eigenvalue weighted by Crippen LogP contribution is 2.37. The third-order valence-corrected chi connectivity index (χ3v) is 5.08. The van der Waals surface area contributed by atoms with Gasteiger partial charge in [-0.2, -0.15) is 4.99 Å².